The number of hydrogen-bond acceptors (Lipinski definition) is 6. The molecule has 0 aliphatic heterocycles. The Bertz CT molecular complexity index is 772. The van der Waals surface area contributed by atoms with Crippen LogP contribution in [0.25, 0.3) is 5.69 Å². The van der Waals surface area contributed by atoms with Crippen LogP contribution in [0.3, 0.4) is 0 Å². The molecule has 22 heavy (non-hydrogen) atoms. The van der Waals surface area contributed by atoms with Crippen LogP contribution in [0.15, 0.2) is 53.8 Å². The lowest BCUT2D eigenvalue weighted by atomic mass is 10.2. The molecule has 0 atom stereocenters. The average Bonchev–Trinajstić information content (AvgIpc) is 3.02. The summed E-state index contributed by atoms with van der Waals surface area (Å²) >= 11 is 1.48. The highest BCUT2D eigenvalue weighted by Gasteiger charge is 2.10. The fourth-order valence-corrected chi connectivity index (χ4v) is 2.63. The summed E-state index contributed by atoms with van der Waals surface area (Å²) in [6.45, 7) is 0. The van der Waals surface area contributed by atoms with Gasteiger partial charge in [0.25, 0.3) is 0 Å². The Hall–Kier alpha value is -2.74. The number of amides is 1. The van der Waals surface area contributed by atoms with E-state index in [-0.39, 0.29) is 0 Å². The number of benzene rings is 1. The summed E-state index contributed by atoms with van der Waals surface area (Å²) in [5.74, 6) is 0.202. The topological polar surface area (TPSA) is 99.6 Å². The quantitative estimate of drug-likeness (QED) is 0.716. The molecule has 0 aliphatic carbocycles. The van der Waals surface area contributed by atoms with Crippen molar-refractivity contribution in [3.05, 3.63) is 59.9 Å². The first-order valence-electron chi connectivity index (χ1n) is 6.45. The Labute approximate surface area is 130 Å². The summed E-state index contributed by atoms with van der Waals surface area (Å²) in [7, 11) is 0. The van der Waals surface area contributed by atoms with E-state index in [0.29, 0.717) is 16.5 Å². The second-order valence-corrected chi connectivity index (χ2v) is 5.34. The Balaban J connectivity index is 1.78. The monoisotopic (exact) mass is 312 g/mol. The molecule has 0 saturated carbocycles. The number of aromatic nitrogens is 5. The molecule has 0 saturated heterocycles. The maximum Gasteiger partial charge on any atom is 0.248 e. The molecular weight excluding hydrogens is 300 g/mol. The molecule has 1 aromatic carbocycles. The molecule has 0 aliphatic rings. The van der Waals surface area contributed by atoms with Crippen molar-refractivity contribution in [3.63, 3.8) is 0 Å². The van der Waals surface area contributed by atoms with Crippen LogP contribution < -0.4 is 5.73 Å². The zero-order valence-electron chi connectivity index (χ0n) is 11.5. The average molecular weight is 312 g/mol. The Morgan fingerprint density at radius 1 is 1.18 bits per heavy atom. The van der Waals surface area contributed by atoms with Gasteiger partial charge in [0.05, 0.1) is 11.4 Å². The minimum atomic E-state index is -0.465. The summed E-state index contributed by atoms with van der Waals surface area (Å²) in [6, 6.07) is 12.6. The third-order valence-electron chi connectivity index (χ3n) is 2.91. The second-order valence-electron chi connectivity index (χ2n) is 4.39. The van der Waals surface area contributed by atoms with E-state index < -0.39 is 5.91 Å². The van der Waals surface area contributed by atoms with Crippen LogP contribution in [0, 0.1) is 0 Å². The van der Waals surface area contributed by atoms with Crippen molar-refractivity contribution in [3.8, 4) is 5.69 Å². The zero-order valence-corrected chi connectivity index (χ0v) is 12.3. The molecule has 2 heterocycles. The van der Waals surface area contributed by atoms with Crippen molar-refractivity contribution in [2.75, 3.05) is 0 Å². The van der Waals surface area contributed by atoms with Crippen LogP contribution in [0.4, 0.5) is 0 Å². The van der Waals surface area contributed by atoms with Crippen molar-refractivity contribution in [1.82, 2.24) is 25.2 Å². The van der Waals surface area contributed by atoms with Gasteiger partial charge in [0.15, 0.2) is 0 Å². The number of hydrogen-bond donors (Lipinski definition) is 1. The van der Waals surface area contributed by atoms with Crippen LogP contribution in [0.5, 0.6) is 0 Å². The highest BCUT2D eigenvalue weighted by molar-refractivity contribution is 7.98. The number of primary amides is 1. The van der Waals surface area contributed by atoms with E-state index in [1.54, 1.807) is 35.1 Å². The van der Waals surface area contributed by atoms with Crippen molar-refractivity contribution in [2.24, 2.45) is 5.73 Å². The van der Waals surface area contributed by atoms with E-state index >= 15 is 0 Å². The Morgan fingerprint density at radius 3 is 2.68 bits per heavy atom. The molecule has 0 radical (unpaired) electrons. The largest absolute Gasteiger partial charge is 0.366 e. The maximum absolute atomic E-state index is 11.1. The van der Waals surface area contributed by atoms with E-state index in [2.05, 4.69) is 20.5 Å². The fourth-order valence-electron chi connectivity index (χ4n) is 1.82. The van der Waals surface area contributed by atoms with Gasteiger partial charge in [0, 0.05) is 17.5 Å². The number of tetrazole rings is 1. The molecule has 1 amide bonds. The van der Waals surface area contributed by atoms with Crippen molar-refractivity contribution in [1.29, 1.82) is 0 Å². The number of carbonyl (C=O) groups is 1. The predicted octanol–water partition coefficient (Wildman–Crippen LogP) is 1.45. The van der Waals surface area contributed by atoms with E-state index in [9.17, 15) is 4.79 Å². The maximum atomic E-state index is 11.1. The van der Waals surface area contributed by atoms with Crippen molar-refractivity contribution >= 4 is 17.7 Å². The minimum absolute atomic E-state index is 0.444. The fraction of sp³-hybridized carbons (Fsp3) is 0.0714. The molecule has 0 bridgehead atoms. The first kappa shape index (κ1) is 14.2. The van der Waals surface area contributed by atoms with Gasteiger partial charge in [-0.2, -0.15) is 4.68 Å². The van der Waals surface area contributed by atoms with Crippen molar-refractivity contribution < 1.29 is 4.79 Å². The lowest BCUT2D eigenvalue weighted by Gasteiger charge is -2.04. The van der Waals surface area contributed by atoms with Crippen LogP contribution in [-0.2, 0) is 5.75 Å². The lowest BCUT2D eigenvalue weighted by molar-refractivity contribution is 0.100. The van der Waals surface area contributed by atoms with Gasteiger partial charge >= 0.3 is 0 Å². The Kier molecular flexibility index (Phi) is 4.10. The molecule has 3 aromatic rings. The number of pyridine rings is 1. The molecule has 2 aromatic heterocycles. The zero-order chi connectivity index (χ0) is 15.4. The molecule has 7 nitrogen and oxygen atoms in total. The van der Waals surface area contributed by atoms with Crippen LogP contribution in [0.1, 0.15) is 16.1 Å². The number of nitrogens with two attached hydrogens (primary N) is 1. The van der Waals surface area contributed by atoms with Gasteiger partial charge in [-0.3, -0.25) is 9.78 Å². The molecule has 3 rings (SSSR count). The highest BCUT2D eigenvalue weighted by Crippen LogP contribution is 2.21. The summed E-state index contributed by atoms with van der Waals surface area (Å²) in [4.78, 5) is 15.4. The van der Waals surface area contributed by atoms with Crippen LogP contribution >= 0.6 is 11.8 Å². The number of rotatable bonds is 5. The molecular formula is C14H12N6OS. The highest BCUT2D eigenvalue weighted by atomic mass is 32.2. The third kappa shape index (κ3) is 3.12. The first-order chi connectivity index (χ1) is 10.7. The van der Waals surface area contributed by atoms with E-state index in [1.165, 1.54) is 11.8 Å². The molecule has 0 spiro atoms. The van der Waals surface area contributed by atoms with Gasteiger partial charge in [-0.1, -0.05) is 17.8 Å². The van der Waals surface area contributed by atoms with E-state index in [1.807, 2.05) is 18.2 Å². The van der Waals surface area contributed by atoms with Crippen molar-refractivity contribution in [2.45, 2.75) is 10.9 Å². The summed E-state index contributed by atoms with van der Waals surface area (Å²) in [6.07, 6.45) is 1.75. The Morgan fingerprint density at radius 2 is 2.00 bits per heavy atom. The standard InChI is InChI=1S/C14H12N6OS/c15-13(21)10-4-6-12(7-5-10)20-14(17-18-19-20)22-9-11-3-1-2-8-16-11/h1-8H,9H2,(H2,15,21). The molecule has 0 unspecified atom stereocenters. The summed E-state index contributed by atoms with van der Waals surface area (Å²) < 4.78 is 1.61. The lowest BCUT2D eigenvalue weighted by Crippen LogP contribution is -2.10. The smallest absolute Gasteiger partial charge is 0.248 e. The molecule has 110 valence electrons. The van der Waals surface area contributed by atoms with Gasteiger partial charge in [0.1, 0.15) is 0 Å². The second kappa shape index (κ2) is 6.35. The van der Waals surface area contributed by atoms with Gasteiger partial charge in [-0.25, -0.2) is 0 Å². The van der Waals surface area contributed by atoms with Crippen LogP contribution in [0.2, 0.25) is 0 Å². The third-order valence-corrected chi connectivity index (χ3v) is 3.87. The van der Waals surface area contributed by atoms with Gasteiger partial charge in [0.2, 0.25) is 11.1 Å². The van der Waals surface area contributed by atoms with E-state index in [4.69, 9.17) is 5.73 Å². The molecule has 2 N–H and O–H groups in total. The van der Waals surface area contributed by atoms with Crippen LogP contribution in [-0.4, -0.2) is 31.1 Å². The predicted molar refractivity (Wildman–Crippen MR) is 81.5 cm³/mol. The summed E-state index contributed by atoms with van der Waals surface area (Å²) in [5, 5.41) is 12.3. The van der Waals surface area contributed by atoms with Gasteiger partial charge in [-0.05, 0) is 46.8 Å². The summed E-state index contributed by atoms with van der Waals surface area (Å²) in [5.41, 5.74) is 7.38. The number of nitrogens with zero attached hydrogens (tertiary/aromatic N) is 5. The SMILES string of the molecule is NC(=O)c1ccc(-n2nnnc2SCc2ccccn2)cc1. The number of carbonyl (C=O) groups excluding carboxylic acids is 1. The normalized spacial score (nSPS) is 10.5. The minimum Gasteiger partial charge on any atom is -0.366 e. The molecule has 0 fully saturated rings. The first-order valence-corrected chi connectivity index (χ1v) is 7.44. The molecule has 8 heteroatoms. The van der Waals surface area contributed by atoms with Gasteiger partial charge in [-0.15, -0.1) is 5.10 Å². The van der Waals surface area contributed by atoms with E-state index in [0.717, 1.165) is 11.4 Å². The van der Waals surface area contributed by atoms with Gasteiger partial charge < -0.3 is 5.73 Å². The number of thioether (sulfide) groups is 1.